The van der Waals surface area contributed by atoms with Crippen molar-refractivity contribution in [2.75, 3.05) is 0 Å². The fourth-order valence-corrected chi connectivity index (χ4v) is 3.22. The zero-order valence-electron chi connectivity index (χ0n) is 16.8. The third-order valence-electron chi connectivity index (χ3n) is 4.78. The van der Waals surface area contributed by atoms with Crippen LogP contribution >= 0.6 is 0 Å². The van der Waals surface area contributed by atoms with E-state index in [-0.39, 0.29) is 18.0 Å². The van der Waals surface area contributed by atoms with Crippen molar-refractivity contribution in [3.8, 4) is 5.75 Å². The number of ether oxygens (including phenoxy) is 1. The Kier molecular flexibility index (Phi) is 5.61. The zero-order valence-corrected chi connectivity index (χ0v) is 16.8. The number of rotatable bonds is 6. The second-order valence-corrected chi connectivity index (χ2v) is 7.03. The monoisotopic (exact) mass is 416 g/mol. The lowest BCUT2D eigenvalue weighted by atomic mass is 10.1. The molecule has 4 rings (SSSR count). The van der Waals surface area contributed by atoms with Gasteiger partial charge in [0.1, 0.15) is 12.4 Å². The van der Waals surface area contributed by atoms with Gasteiger partial charge in [0.05, 0.1) is 11.1 Å². The number of nitrogens with zero attached hydrogens (tertiary/aromatic N) is 1. The van der Waals surface area contributed by atoms with Gasteiger partial charge in [0.25, 0.3) is 11.5 Å². The second kappa shape index (κ2) is 8.66. The van der Waals surface area contributed by atoms with Gasteiger partial charge in [-0.1, -0.05) is 18.2 Å². The Bertz CT molecular complexity index is 1360. The Balaban J connectivity index is 1.40. The molecule has 0 aliphatic rings. The van der Waals surface area contributed by atoms with Gasteiger partial charge < -0.3 is 15.0 Å². The number of aryl methyl sites for hydroxylation is 1. The first-order valence-corrected chi connectivity index (χ1v) is 9.67. The highest BCUT2D eigenvalue weighted by Crippen LogP contribution is 2.21. The third-order valence-corrected chi connectivity index (χ3v) is 4.78. The van der Waals surface area contributed by atoms with Crippen LogP contribution in [0.2, 0.25) is 0 Å². The summed E-state index contributed by atoms with van der Waals surface area (Å²) >= 11 is 0. The fraction of sp³-hybridized carbons (Fsp3) is 0.130. The molecule has 8 heteroatoms. The largest absolute Gasteiger partial charge is 0.489 e. The molecule has 2 aromatic heterocycles. The lowest BCUT2D eigenvalue weighted by Gasteiger charge is -2.11. The number of hydrogen-bond donors (Lipinski definition) is 3. The standard InChI is InChI=1S/C23H20N4O4/c1-14-10-16(19-4-2-3-5-20(19)26-14)13-31-18-8-6-15(7-9-18)21(28)24-11-17-12-25-23(30)27-22(17)29/h2-10,12H,11,13H2,1H3,(H,24,28)(H2,25,27,29,30). The maximum atomic E-state index is 12.3. The molecule has 0 atom stereocenters. The number of para-hydroxylation sites is 1. The maximum absolute atomic E-state index is 12.3. The van der Waals surface area contributed by atoms with Gasteiger partial charge in [0.15, 0.2) is 0 Å². The van der Waals surface area contributed by atoms with Gasteiger partial charge in [0.2, 0.25) is 0 Å². The summed E-state index contributed by atoms with van der Waals surface area (Å²) < 4.78 is 5.91. The van der Waals surface area contributed by atoms with Crippen molar-refractivity contribution in [1.29, 1.82) is 0 Å². The molecular formula is C23H20N4O4. The van der Waals surface area contributed by atoms with Crippen LogP contribution in [-0.4, -0.2) is 20.9 Å². The quantitative estimate of drug-likeness (QED) is 0.446. The molecule has 0 saturated heterocycles. The van der Waals surface area contributed by atoms with Crippen LogP contribution in [0, 0.1) is 6.92 Å². The first-order valence-electron chi connectivity index (χ1n) is 9.67. The number of carbonyl (C=O) groups excluding carboxylic acids is 1. The van der Waals surface area contributed by atoms with E-state index in [2.05, 4.69) is 20.3 Å². The Morgan fingerprint density at radius 2 is 1.84 bits per heavy atom. The summed E-state index contributed by atoms with van der Waals surface area (Å²) in [4.78, 5) is 44.1. The predicted molar refractivity (Wildman–Crippen MR) is 116 cm³/mol. The minimum Gasteiger partial charge on any atom is -0.489 e. The fourth-order valence-electron chi connectivity index (χ4n) is 3.22. The average molecular weight is 416 g/mol. The van der Waals surface area contributed by atoms with Gasteiger partial charge in [-0.2, -0.15) is 0 Å². The van der Waals surface area contributed by atoms with Crippen molar-refractivity contribution in [2.45, 2.75) is 20.1 Å². The Labute approximate surface area is 176 Å². The maximum Gasteiger partial charge on any atom is 0.325 e. The Morgan fingerprint density at radius 1 is 1.06 bits per heavy atom. The van der Waals surface area contributed by atoms with Crippen LogP contribution in [0.25, 0.3) is 10.9 Å². The SMILES string of the molecule is Cc1cc(COc2ccc(C(=O)NCc3c[nH]c(=O)[nH]c3=O)cc2)c2ccccc2n1. The number of H-pyrrole nitrogens is 2. The highest BCUT2D eigenvalue weighted by Gasteiger charge is 2.09. The van der Waals surface area contributed by atoms with E-state index in [1.54, 1.807) is 24.3 Å². The van der Waals surface area contributed by atoms with Crippen LogP contribution in [0.5, 0.6) is 5.75 Å². The zero-order chi connectivity index (χ0) is 21.8. The topological polar surface area (TPSA) is 117 Å². The molecule has 4 aromatic rings. The molecule has 3 N–H and O–H groups in total. The van der Waals surface area contributed by atoms with Crippen molar-refractivity contribution < 1.29 is 9.53 Å². The molecule has 2 aromatic carbocycles. The summed E-state index contributed by atoms with van der Waals surface area (Å²) in [7, 11) is 0. The molecule has 2 heterocycles. The van der Waals surface area contributed by atoms with Crippen molar-refractivity contribution in [3.05, 3.63) is 104 Å². The van der Waals surface area contributed by atoms with Crippen molar-refractivity contribution in [2.24, 2.45) is 0 Å². The smallest absolute Gasteiger partial charge is 0.325 e. The van der Waals surface area contributed by atoms with E-state index in [1.165, 1.54) is 6.20 Å². The predicted octanol–water partition coefficient (Wildman–Crippen LogP) is 2.43. The second-order valence-electron chi connectivity index (χ2n) is 7.03. The number of benzene rings is 2. The van der Waals surface area contributed by atoms with E-state index in [4.69, 9.17) is 4.74 Å². The number of aromatic nitrogens is 3. The number of pyridine rings is 1. The first-order chi connectivity index (χ1) is 15.0. The Morgan fingerprint density at radius 3 is 2.61 bits per heavy atom. The number of aromatic amines is 2. The lowest BCUT2D eigenvalue weighted by molar-refractivity contribution is 0.0950. The molecule has 0 bridgehead atoms. The molecule has 0 fully saturated rings. The molecule has 0 aliphatic heterocycles. The van der Waals surface area contributed by atoms with E-state index >= 15 is 0 Å². The van der Waals surface area contributed by atoms with Crippen LogP contribution in [0.15, 0.2) is 70.4 Å². The van der Waals surface area contributed by atoms with Crippen LogP contribution in [0.1, 0.15) is 27.2 Å². The van der Waals surface area contributed by atoms with Crippen molar-refractivity contribution >= 4 is 16.8 Å². The minimum atomic E-state index is -0.592. The summed E-state index contributed by atoms with van der Waals surface area (Å²) in [5.74, 6) is 0.292. The molecule has 156 valence electrons. The number of fused-ring (bicyclic) bond motifs is 1. The summed E-state index contributed by atoms with van der Waals surface area (Å²) in [6.07, 6.45) is 1.28. The van der Waals surface area contributed by atoms with Gasteiger partial charge in [-0.3, -0.25) is 19.6 Å². The molecule has 1 amide bonds. The molecule has 0 radical (unpaired) electrons. The number of hydrogen-bond acceptors (Lipinski definition) is 5. The van der Waals surface area contributed by atoms with Crippen LogP contribution < -0.4 is 21.3 Å². The Hall–Kier alpha value is -4.20. The van der Waals surface area contributed by atoms with E-state index in [0.717, 1.165) is 22.2 Å². The van der Waals surface area contributed by atoms with Gasteiger partial charge in [-0.15, -0.1) is 0 Å². The normalized spacial score (nSPS) is 10.7. The lowest BCUT2D eigenvalue weighted by Crippen LogP contribution is -2.30. The van der Waals surface area contributed by atoms with Gasteiger partial charge >= 0.3 is 5.69 Å². The first kappa shape index (κ1) is 20.1. The van der Waals surface area contributed by atoms with Crippen LogP contribution in [0.4, 0.5) is 0 Å². The third kappa shape index (κ3) is 4.69. The number of carbonyl (C=O) groups is 1. The molecule has 0 saturated carbocycles. The molecule has 0 spiro atoms. The van der Waals surface area contributed by atoms with Crippen LogP contribution in [-0.2, 0) is 13.2 Å². The van der Waals surface area contributed by atoms with Gasteiger partial charge in [0, 0.05) is 34.9 Å². The van der Waals surface area contributed by atoms with E-state index in [0.29, 0.717) is 17.9 Å². The summed E-state index contributed by atoms with van der Waals surface area (Å²) in [6.45, 7) is 2.33. The van der Waals surface area contributed by atoms with Crippen molar-refractivity contribution in [3.63, 3.8) is 0 Å². The average Bonchev–Trinajstić information content (AvgIpc) is 2.77. The summed E-state index contributed by atoms with van der Waals surface area (Å²) in [5, 5.41) is 3.69. The van der Waals surface area contributed by atoms with Gasteiger partial charge in [-0.25, -0.2) is 4.79 Å². The molecular weight excluding hydrogens is 396 g/mol. The number of amides is 1. The minimum absolute atomic E-state index is 0.00232. The van der Waals surface area contributed by atoms with Crippen molar-refractivity contribution in [1.82, 2.24) is 20.3 Å². The van der Waals surface area contributed by atoms with Gasteiger partial charge in [-0.05, 0) is 43.3 Å². The van der Waals surface area contributed by atoms with E-state index < -0.39 is 11.2 Å². The highest BCUT2D eigenvalue weighted by molar-refractivity contribution is 5.94. The molecule has 0 aliphatic carbocycles. The van der Waals surface area contributed by atoms with E-state index in [9.17, 15) is 14.4 Å². The van der Waals surface area contributed by atoms with Crippen LogP contribution in [0.3, 0.4) is 0 Å². The molecule has 0 unspecified atom stereocenters. The van der Waals surface area contributed by atoms with E-state index in [1.807, 2.05) is 37.3 Å². The summed E-state index contributed by atoms with van der Waals surface area (Å²) in [6, 6.07) is 16.7. The number of nitrogens with one attached hydrogen (secondary N) is 3. The molecule has 8 nitrogen and oxygen atoms in total. The molecule has 31 heavy (non-hydrogen) atoms. The highest BCUT2D eigenvalue weighted by atomic mass is 16.5. The summed E-state index contributed by atoms with van der Waals surface area (Å²) in [5.41, 5.74) is 2.44.